The lowest BCUT2D eigenvalue weighted by atomic mass is 10.1. The molecule has 1 aromatic carbocycles. The molecule has 2 N–H and O–H groups in total. The minimum absolute atomic E-state index is 0.227. The van der Waals surface area contributed by atoms with E-state index >= 15 is 0 Å². The van der Waals surface area contributed by atoms with E-state index in [0.717, 1.165) is 24.2 Å². The molecule has 1 atom stereocenters. The van der Waals surface area contributed by atoms with Crippen molar-refractivity contribution in [2.75, 3.05) is 24.3 Å². The van der Waals surface area contributed by atoms with Crippen LogP contribution in [0.5, 0.6) is 0 Å². The number of carbonyl (C=O) groups excluding carboxylic acids is 2. The van der Waals surface area contributed by atoms with Crippen LogP contribution in [0, 0.1) is 5.92 Å². The van der Waals surface area contributed by atoms with Crippen molar-refractivity contribution in [3.8, 4) is 0 Å². The Morgan fingerprint density at radius 3 is 2.68 bits per heavy atom. The zero-order valence-corrected chi connectivity index (χ0v) is 19.5. The van der Waals surface area contributed by atoms with Gasteiger partial charge in [0.2, 0.25) is 0 Å². The Balaban J connectivity index is 1.85. The molecule has 0 bridgehead atoms. The number of ether oxygens (including phenoxy) is 1. The van der Waals surface area contributed by atoms with E-state index in [4.69, 9.17) is 9.15 Å². The van der Waals surface area contributed by atoms with E-state index < -0.39 is 11.9 Å². The molecule has 0 saturated carbocycles. The Morgan fingerprint density at radius 2 is 2.00 bits per heavy atom. The summed E-state index contributed by atoms with van der Waals surface area (Å²) in [5, 5.41) is 6.93. The molecule has 0 radical (unpaired) electrons. The van der Waals surface area contributed by atoms with Gasteiger partial charge in [0.05, 0.1) is 36.5 Å². The smallest absolute Gasteiger partial charge is 0.356 e. The molecule has 8 heteroatoms. The Hall–Kier alpha value is -4.07. The fourth-order valence-electron chi connectivity index (χ4n) is 3.69. The summed E-state index contributed by atoms with van der Waals surface area (Å²) in [7, 11) is 1.32. The number of amides is 1. The summed E-state index contributed by atoms with van der Waals surface area (Å²) in [6, 6.07) is 13.2. The topological polar surface area (TPSA) is 98.4 Å². The summed E-state index contributed by atoms with van der Waals surface area (Å²) in [5.74, 6) is -0.467. The van der Waals surface area contributed by atoms with Crippen LogP contribution in [0.2, 0.25) is 0 Å². The molecule has 8 nitrogen and oxygen atoms in total. The van der Waals surface area contributed by atoms with Gasteiger partial charge in [-0.05, 0) is 23.6 Å². The third-order valence-electron chi connectivity index (χ3n) is 5.83. The van der Waals surface area contributed by atoms with Crippen LogP contribution < -0.4 is 10.6 Å². The molecule has 4 aromatic rings. The van der Waals surface area contributed by atoms with Crippen molar-refractivity contribution in [3.63, 3.8) is 0 Å². The van der Waals surface area contributed by atoms with Crippen molar-refractivity contribution in [3.05, 3.63) is 78.0 Å². The van der Waals surface area contributed by atoms with Crippen molar-refractivity contribution in [2.45, 2.75) is 26.8 Å². The first kappa shape index (κ1) is 23.1. The molecular formula is C26H28N4O4. The second kappa shape index (κ2) is 10.2. The second-order valence-corrected chi connectivity index (χ2v) is 8.24. The quantitative estimate of drug-likeness (QED) is 0.334. The van der Waals surface area contributed by atoms with Gasteiger partial charge in [-0.1, -0.05) is 50.6 Å². The monoisotopic (exact) mass is 460 g/mol. The zero-order valence-electron chi connectivity index (χ0n) is 19.5. The Labute approximate surface area is 197 Å². The van der Waals surface area contributed by atoms with E-state index in [1.807, 2.05) is 36.4 Å². The van der Waals surface area contributed by atoms with Gasteiger partial charge in [-0.15, -0.1) is 0 Å². The third kappa shape index (κ3) is 4.80. The average Bonchev–Trinajstić information content (AvgIpc) is 3.50. The first-order valence-corrected chi connectivity index (χ1v) is 11.2. The average molecular weight is 461 g/mol. The van der Waals surface area contributed by atoms with Crippen molar-refractivity contribution < 1.29 is 18.7 Å². The number of aromatic nitrogens is 2. The van der Waals surface area contributed by atoms with E-state index in [9.17, 15) is 9.59 Å². The number of anilines is 2. The van der Waals surface area contributed by atoms with Crippen LogP contribution >= 0.6 is 0 Å². The summed E-state index contributed by atoms with van der Waals surface area (Å²) in [6.07, 6.45) is 5.57. The largest absolute Gasteiger partial charge is 0.472 e. The van der Waals surface area contributed by atoms with E-state index in [2.05, 4.69) is 29.5 Å². The summed E-state index contributed by atoms with van der Waals surface area (Å²) in [5.41, 5.74) is 3.28. The minimum atomic E-state index is -0.564. The van der Waals surface area contributed by atoms with Gasteiger partial charge in [0.1, 0.15) is 11.9 Å². The molecule has 1 amide bonds. The van der Waals surface area contributed by atoms with Gasteiger partial charge in [0.25, 0.3) is 5.91 Å². The SMILES string of the molecule is CC[C@@H](C)CNc1cnc2c(c1)c(NC(=O)c1ccoc1)c(C(=O)OC)n2Cc1ccccc1. The maximum atomic E-state index is 13.0. The maximum absolute atomic E-state index is 13.0. The standard InChI is InChI=1S/C26H28N4O4/c1-4-17(2)13-27-20-12-21-22(29-25(31)19-10-11-34-16-19)23(26(32)33-3)30(24(21)28-14-20)15-18-8-6-5-7-9-18/h5-12,14,16-17,27H,4,13,15H2,1-3H3,(H,29,31)/t17-/m1/s1. The van der Waals surface area contributed by atoms with E-state index in [1.54, 1.807) is 16.8 Å². The molecule has 0 aliphatic rings. The number of furan rings is 1. The lowest BCUT2D eigenvalue weighted by Gasteiger charge is -2.11. The first-order chi connectivity index (χ1) is 16.5. The van der Waals surface area contributed by atoms with Crippen LogP contribution in [0.15, 0.2) is 65.6 Å². The molecule has 3 heterocycles. The normalized spacial score (nSPS) is 11.9. The molecule has 0 spiro atoms. The Morgan fingerprint density at radius 1 is 1.21 bits per heavy atom. The molecule has 0 saturated heterocycles. The fraction of sp³-hybridized carbons (Fsp3) is 0.269. The van der Waals surface area contributed by atoms with Gasteiger partial charge >= 0.3 is 5.97 Å². The lowest BCUT2D eigenvalue weighted by molar-refractivity contribution is 0.0591. The number of esters is 1. The third-order valence-corrected chi connectivity index (χ3v) is 5.83. The highest BCUT2D eigenvalue weighted by Crippen LogP contribution is 2.33. The van der Waals surface area contributed by atoms with Crippen LogP contribution in [-0.4, -0.2) is 35.1 Å². The lowest BCUT2D eigenvalue weighted by Crippen LogP contribution is -2.17. The molecule has 0 fully saturated rings. The molecule has 4 rings (SSSR count). The Kier molecular flexibility index (Phi) is 6.96. The van der Waals surface area contributed by atoms with Crippen molar-refractivity contribution in [2.24, 2.45) is 5.92 Å². The molecule has 0 unspecified atom stereocenters. The highest BCUT2D eigenvalue weighted by atomic mass is 16.5. The van der Waals surface area contributed by atoms with Crippen molar-refractivity contribution in [1.82, 2.24) is 9.55 Å². The number of hydrogen-bond acceptors (Lipinski definition) is 6. The van der Waals surface area contributed by atoms with E-state index in [1.165, 1.54) is 19.6 Å². The molecule has 3 aromatic heterocycles. The van der Waals surface area contributed by atoms with Gasteiger partial charge in [-0.2, -0.15) is 0 Å². The predicted molar refractivity (Wildman–Crippen MR) is 131 cm³/mol. The summed E-state index contributed by atoms with van der Waals surface area (Å²) in [6.45, 7) is 5.48. The molecule has 176 valence electrons. The molecule has 0 aliphatic carbocycles. The number of hydrogen-bond donors (Lipinski definition) is 2. The highest BCUT2D eigenvalue weighted by Gasteiger charge is 2.27. The number of methoxy groups -OCH3 is 1. The maximum Gasteiger partial charge on any atom is 0.356 e. The van der Waals surface area contributed by atoms with E-state index in [0.29, 0.717) is 34.7 Å². The summed E-state index contributed by atoms with van der Waals surface area (Å²) < 4.78 is 11.9. The van der Waals surface area contributed by atoms with Gasteiger partial charge in [0.15, 0.2) is 5.69 Å². The predicted octanol–water partition coefficient (Wildman–Crippen LogP) is 5.17. The number of fused-ring (bicyclic) bond motifs is 1. The van der Waals surface area contributed by atoms with Crippen LogP contribution in [0.3, 0.4) is 0 Å². The van der Waals surface area contributed by atoms with Gasteiger partial charge in [0, 0.05) is 18.5 Å². The van der Waals surface area contributed by atoms with Crippen LogP contribution in [-0.2, 0) is 11.3 Å². The van der Waals surface area contributed by atoms with Gasteiger partial charge in [-0.25, -0.2) is 9.78 Å². The number of carbonyl (C=O) groups is 2. The van der Waals surface area contributed by atoms with Crippen LogP contribution in [0.1, 0.15) is 46.7 Å². The number of rotatable bonds is 9. The second-order valence-electron chi connectivity index (χ2n) is 8.24. The molecule has 0 aliphatic heterocycles. The summed E-state index contributed by atoms with van der Waals surface area (Å²) >= 11 is 0. The highest BCUT2D eigenvalue weighted by molar-refractivity contribution is 6.14. The number of benzene rings is 1. The zero-order chi connectivity index (χ0) is 24.1. The number of nitrogens with zero attached hydrogens (tertiary/aromatic N) is 2. The van der Waals surface area contributed by atoms with Gasteiger partial charge < -0.3 is 24.4 Å². The Bertz CT molecular complexity index is 1280. The number of nitrogens with one attached hydrogen (secondary N) is 2. The van der Waals surface area contributed by atoms with Gasteiger partial charge in [-0.3, -0.25) is 4.79 Å². The van der Waals surface area contributed by atoms with E-state index in [-0.39, 0.29) is 5.69 Å². The molecule has 34 heavy (non-hydrogen) atoms. The van der Waals surface area contributed by atoms with Crippen molar-refractivity contribution >= 4 is 34.3 Å². The first-order valence-electron chi connectivity index (χ1n) is 11.2. The summed E-state index contributed by atoms with van der Waals surface area (Å²) in [4.78, 5) is 30.6. The fourth-order valence-corrected chi connectivity index (χ4v) is 3.69. The van der Waals surface area contributed by atoms with Crippen LogP contribution in [0.25, 0.3) is 11.0 Å². The molecular weight excluding hydrogens is 432 g/mol. The van der Waals surface area contributed by atoms with Crippen molar-refractivity contribution in [1.29, 1.82) is 0 Å². The van der Waals surface area contributed by atoms with Crippen LogP contribution in [0.4, 0.5) is 11.4 Å². The number of pyridine rings is 1. The minimum Gasteiger partial charge on any atom is -0.472 e.